The third kappa shape index (κ3) is 3.32. The Morgan fingerprint density at radius 3 is 2.60 bits per heavy atom. The lowest BCUT2D eigenvalue weighted by Gasteiger charge is -2.14. The molecule has 0 radical (unpaired) electrons. The number of nitrogens with zero attached hydrogens (tertiary/aromatic N) is 1. The minimum absolute atomic E-state index is 0.0742. The van der Waals surface area contributed by atoms with Gasteiger partial charge in [-0.05, 0) is 24.5 Å². The predicted molar refractivity (Wildman–Crippen MR) is 75.0 cm³/mol. The van der Waals surface area contributed by atoms with Crippen LogP contribution >= 0.6 is 0 Å². The van der Waals surface area contributed by atoms with E-state index in [2.05, 4.69) is 0 Å². The standard InChI is InChI=1S/C16H19NO3/c1-11-8-15(19)17(16(11)20)7-6-13-4-3-5-14(10-13)9-12(2)18/h3-5,10-11H,6-9H2,1-2H3. The van der Waals surface area contributed by atoms with Gasteiger partial charge in [-0.3, -0.25) is 19.3 Å². The van der Waals surface area contributed by atoms with Crippen molar-refractivity contribution in [3.63, 3.8) is 0 Å². The van der Waals surface area contributed by atoms with Crippen LogP contribution in [-0.4, -0.2) is 29.0 Å². The second-order valence-electron chi connectivity index (χ2n) is 5.44. The first-order valence-electron chi connectivity index (χ1n) is 6.89. The summed E-state index contributed by atoms with van der Waals surface area (Å²) in [6, 6.07) is 7.75. The summed E-state index contributed by atoms with van der Waals surface area (Å²) >= 11 is 0. The fourth-order valence-corrected chi connectivity index (χ4v) is 2.51. The van der Waals surface area contributed by atoms with Crippen molar-refractivity contribution < 1.29 is 14.4 Å². The Bertz CT molecular complexity index is 550. The Labute approximate surface area is 118 Å². The van der Waals surface area contributed by atoms with Gasteiger partial charge in [-0.25, -0.2) is 0 Å². The van der Waals surface area contributed by atoms with Crippen molar-refractivity contribution in [3.8, 4) is 0 Å². The quantitative estimate of drug-likeness (QED) is 0.768. The largest absolute Gasteiger partial charge is 0.300 e. The van der Waals surface area contributed by atoms with Gasteiger partial charge in [0.25, 0.3) is 0 Å². The second-order valence-corrected chi connectivity index (χ2v) is 5.44. The van der Waals surface area contributed by atoms with Crippen LogP contribution in [0.15, 0.2) is 24.3 Å². The van der Waals surface area contributed by atoms with Gasteiger partial charge in [0.1, 0.15) is 5.78 Å². The molecule has 0 aromatic heterocycles. The molecule has 1 unspecified atom stereocenters. The topological polar surface area (TPSA) is 54.5 Å². The first-order chi connectivity index (χ1) is 9.47. The number of benzene rings is 1. The van der Waals surface area contributed by atoms with Gasteiger partial charge in [0, 0.05) is 25.3 Å². The third-order valence-electron chi connectivity index (χ3n) is 3.54. The van der Waals surface area contributed by atoms with E-state index >= 15 is 0 Å². The Hall–Kier alpha value is -1.97. The molecular formula is C16H19NO3. The van der Waals surface area contributed by atoms with Gasteiger partial charge in [-0.15, -0.1) is 0 Å². The first-order valence-corrected chi connectivity index (χ1v) is 6.89. The van der Waals surface area contributed by atoms with E-state index in [1.807, 2.05) is 24.3 Å². The summed E-state index contributed by atoms with van der Waals surface area (Å²) in [6.07, 6.45) is 1.38. The SMILES string of the molecule is CC(=O)Cc1cccc(CCN2C(=O)CC(C)C2=O)c1. The van der Waals surface area contributed by atoms with Gasteiger partial charge < -0.3 is 0 Å². The highest BCUT2D eigenvalue weighted by Crippen LogP contribution is 2.19. The summed E-state index contributed by atoms with van der Waals surface area (Å²) in [6.45, 7) is 3.77. The van der Waals surface area contributed by atoms with Gasteiger partial charge in [0.05, 0.1) is 0 Å². The number of amides is 2. The monoisotopic (exact) mass is 273 g/mol. The van der Waals surface area contributed by atoms with E-state index in [9.17, 15) is 14.4 Å². The van der Waals surface area contributed by atoms with Gasteiger partial charge in [-0.2, -0.15) is 0 Å². The summed E-state index contributed by atoms with van der Waals surface area (Å²) in [4.78, 5) is 36.0. The summed E-state index contributed by atoms with van der Waals surface area (Å²) < 4.78 is 0. The smallest absolute Gasteiger partial charge is 0.232 e. The molecule has 1 aliphatic heterocycles. The molecule has 2 amide bonds. The molecule has 20 heavy (non-hydrogen) atoms. The minimum atomic E-state index is -0.188. The van der Waals surface area contributed by atoms with Crippen molar-refractivity contribution in [1.82, 2.24) is 4.90 Å². The van der Waals surface area contributed by atoms with Crippen LogP contribution in [0.4, 0.5) is 0 Å². The zero-order valence-electron chi connectivity index (χ0n) is 11.9. The van der Waals surface area contributed by atoms with Crippen molar-refractivity contribution >= 4 is 17.6 Å². The Kier molecular flexibility index (Phi) is 4.32. The van der Waals surface area contributed by atoms with E-state index in [0.29, 0.717) is 25.8 Å². The van der Waals surface area contributed by atoms with Crippen LogP contribution in [0.1, 0.15) is 31.4 Å². The third-order valence-corrected chi connectivity index (χ3v) is 3.54. The van der Waals surface area contributed by atoms with Gasteiger partial charge in [0.15, 0.2) is 0 Å². The molecule has 106 valence electrons. The lowest BCUT2D eigenvalue weighted by atomic mass is 10.0. The molecule has 2 rings (SSSR count). The highest BCUT2D eigenvalue weighted by atomic mass is 16.2. The number of imide groups is 1. The van der Waals surface area contributed by atoms with Crippen LogP contribution in [0.25, 0.3) is 0 Å². The Morgan fingerprint density at radius 2 is 2.00 bits per heavy atom. The van der Waals surface area contributed by atoms with E-state index in [-0.39, 0.29) is 23.5 Å². The molecule has 1 aromatic rings. The van der Waals surface area contributed by atoms with E-state index in [1.165, 1.54) is 4.90 Å². The molecule has 0 N–H and O–H groups in total. The lowest BCUT2D eigenvalue weighted by molar-refractivity contribution is -0.139. The maximum absolute atomic E-state index is 11.8. The van der Waals surface area contributed by atoms with E-state index in [4.69, 9.17) is 0 Å². The lowest BCUT2D eigenvalue weighted by Crippen LogP contribution is -2.32. The van der Waals surface area contributed by atoms with Crippen molar-refractivity contribution in [2.75, 3.05) is 6.54 Å². The molecule has 1 saturated heterocycles. The normalized spacial score (nSPS) is 18.7. The molecular weight excluding hydrogens is 254 g/mol. The summed E-state index contributed by atoms with van der Waals surface area (Å²) in [5.74, 6) is -0.218. The van der Waals surface area contributed by atoms with Crippen molar-refractivity contribution in [3.05, 3.63) is 35.4 Å². The van der Waals surface area contributed by atoms with Crippen LogP contribution in [0.3, 0.4) is 0 Å². The van der Waals surface area contributed by atoms with Crippen LogP contribution in [0.2, 0.25) is 0 Å². The molecule has 1 aliphatic rings. The van der Waals surface area contributed by atoms with E-state index in [1.54, 1.807) is 13.8 Å². The zero-order valence-corrected chi connectivity index (χ0v) is 11.9. The van der Waals surface area contributed by atoms with Crippen molar-refractivity contribution in [2.45, 2.75) is 33.1 Å². The zero-order chi connectivity index (χ0) is 14.7. The number of carbonyl (C=O) groups is 3. The van der Waals surface area contributed by atoms with Crippen LogP contribution in [0.5, 0.6) is 0 Å². The van der Waals surface area contributed by atoms with E-state index in [0.717, 1.165) is 11.1 Å². The number of ketones is 1. The maximum Gasteiger partial charge on any atom is 0.232 e. The Balaban J connectivity index is 1.99. The van der Waals surface area contributed by atoms with Crippen molar-refractivity contribution in [2.24, 2.45) is 5.92 Å². The average Bonchev–Trinajstić information content (AvgIpc) is 2.61. The number of hydrogen-bond donors (Lipinski definition) is 0. The number of likely N-dealkylation sites (tertiary alicyclic amines) is 1. The first kappa shape index (κ1) is 14.4. The average molecular weight is 273 g/mol. The van der Waals surface area contributed by atoms with E-state index < -0.39 is 0 Å². The van der Waals surface area contributed by atoms with Crippen molar-refractivity contribution in [1.29, 1.82) is 0 Å². The van der Waals surface area contributed by atoms with Crippen LogP contribution < -0.4 is 0 Å². The molecule has 1 fully saturated rings. The minimum Gasteiger partial charge on any atom is -0.300 e. The fourth-order valence-electron chi connectivity index (χ4n) is 2.51. The summed E-state index contributed by atoms with van der Waals surface area (Å²) in [5.41, 5.74) is 2.02. The van der Waals surface area contributed by atoms with Crippen LogP contribution in [0, 0.1) is 5.92 Å². The highest BCUT2D eigenvalue weighted by Gasteiger charge is 2.34. The molecule has 1 atom stereocenters. The molecule has 1 aromatic carbocycles. The summed E-state index contributed by atoms with van der Waals surface area (Å²) in [7, 11) is 0. The number of rotatable bonds is 5. The molecule has 0 saturated carbocycles. The van der Waals surface area contributed by atoms with Gasteiger partial charge in [0.2, 0.25) is 11.8 Å². The molecule has 4 nitrogen and oxygen atoms in total. The summed E-state index contributed by atoms with van der Waals surface area (Å²) in [5, 5.41) is 0. The molecule has 0 spiro atoms. The highest BCUT2D eigenvalue weighted by molar-refractivity contribution is 6.03. The molecule has 4 heteroatoms. The number of carbonyl (C=O) groups excluding carboxylic acids is 3. The fraction of sp³-hybridized carbons (Fsp3) is 0.438. The maximum atomic E-state index is 11.8. The molecule has 1 heterocycles. The number of Topliss-reactive ketones (excluding diaryl/α,β-unsaturated/α-hetero) is 1. The molecule has 0 aliphatic carbocycles. The number of hydrogen-bond acceptors (Lipinski definition) is 3. The Morgan fingerprint density at radius 1 is 1.30 bits per heavy atom. The second kappa shape index (κ2) is 5.99. The molecule has 0 bridgehead atoms. The van der Waals surface area contributed by atoms with Gasteiger partial charge >= 0.3 is 0 Å². The van der Waals surface area contributed by atoms with Crippen LogP contribution in [-0.2, 0) is 27.2 Å². The predicted octanol–water partition coefficient (Wildman–Crippen LogP) is 1.76. The van der Waals surface area contributed by atoms with Gasteiger partial charge in [-0.1, -0.05) is 31.2 Å².